The van der Waals surface area contributed by atoms with Crippen LogP contribution in [0, 0.1) is 6.92 Å². The fourth-order valence-corrected chi connectivity index (χ4v) is 1.20. The lowest BCUT2D eigenvalue weighted by molar-refractivity contribution is 0.410. The Balaban J connectivity index is 2.48. The van der Waals surface area contributed by atoms with E-state index >= 15 is 0 Å². The van der Waals surface area contributed by atoms with Crippen LogP contribution in [0.15, 0.2) is 27.3 Å². The molecule has 2 aromatic heterocycles. The smallest absolute Gasteiger partial charge is 0.205 e. The summed E-state index contributed by atoms with van der Waals surface area (Å²) in [4.78, 5) is 0. The van der Waals surface area contributed by atoms with Crippen molar-refractivity contribution in [3.05, 3.63) is 29.7 Å². The lowest BCUT2D eigenvalue weighted by Gasteiger charge is -1.90. The van der Waals surface area contributed by atoms with Crippen molar-refractivity contribution in [3.63, 3.8) is 0 Å². The molecule has 0 aliphatic heterocycles. The highest BCUT2D eigenvalue weighted by molar-refractivity contribution is 5.55. The summed E-state index contributed by atoms with van der Waals surface area (Å²) >= 11 is 0. The largest absolute Gasteiger partial charge is 0.461 e. The van der Waals surface area contributed by atoms with Gasteiger partial charge >= 0.3 is 0 Å². The minimum absolute atomic E-state index is 0.385. The first-order chi connectivity index (χ1) is 6.33. The topological polar surface area (TPSA) is 65.2 Å². The van der Waals surface area contributed by atoms with E-state index < -0.39 is 0 Å². The van der Waals surface area contributed by atoms with Gasteiger partial charge in [-0.3, -0.25) is 0 Å². The van der Waals surface area contributed by atoms with E-state index in [4.69, 9.17) is 14.7 Å². The van der Waals surface area contributed by atoms with E-state index in [-0.39, 0.29) is 0 Å². The lowest BCUT2D eigenvalue weighted by atomic mass is 10.2. The van der Waals surface area contributed by atoms with Crippen molar-refractivity contribution in [1.82, 2.24) is 5.16 Å². The van der Waals surface area contributed by atoms with Gasteiger partial charge in [0, 0.05) is 12.1 Å². The maximum Gasteiger partial charge on any atom is 0.205 e. The van der Waals surface area contributed by atoms with E-state index in [0.717, 1.165) is 11.3 Å². The van der Waals surface area contributed by atoms with Crippen LogP contribution >= 0.6 is 0 Å². The fourth-order valence-electron chi connectivity index (χ4n) is 1.20. The summed E-state index contributed by atoms with van der Waals surface area (Å²) < 4.78 is 10.3. The van der Waals surface area contributed by atoms with Gasteiger partial charge in [0.1, 0.15) is 5.69 Å². The van der Waals surface area contributed by atoms with E-state index in [9.17, 15) is 0 Å². The zero-order chi connectivity index (χ0) is 9.26. The highest BCUT2D eigenvalue weighted by atomic mass is 16.5. The summed E-state index contributed by atoms with van der Waals surface area (Å²) in [5.74, 6) is 1.34. The molecule has 0 atom stereocenters. The average molecular weight is 178 g/mol. The summed E-state index contributed by atoms with van der Waals surface area (Å²) in [6.07, 6.45) is 1.60. The molecule has 2 N–H and O–H groups in total. The normalized spacial score (nSPS) is 10.6. The van der Waals surface area contributed by atoms with E-state index in [1.807, 2.05) is 13.0 Å². The molecule has 0 saturated carbocycles. The van der Waals surface area contributed by atoms with Crippen molar-refractivity contribution in [2.75, 3.05) is 0 Å². The maximum absolute atomic E-state index is 5.46. The molecular weight excluding hydrogens is 168 g/mol. The molecule has 2 heterocycles. The van der Waals surface area contributed by atoms with Crippen molar-refractivity contribution in [2.45, 2.75) is 13.5 Å². The van der Waals surface area contributed by atoms with Gasteiger partial charge in [-0.25, -0.2) is 0 Å². The van der Waals surface area contributed by atoms with Crippen LogP contribution in [0.4, 0.5) is 0 Å². The first kappa shape index (κ1) is 8.07. The molecule has 0 aromatic carbocycles. The standard InChI is InChI=1S/C9H10N2O2/c1-6-7(5-10)11-13-9(6)8-3-2-4-12-8/h2-4H,5,10H2,1H3. The molecule has 0 unspecified atom stereocenters. The number of hydrogen-bond acceptors (Lipinski definition) is 4. The Bertz CT molecular complexity index is 390. The third-order valence-electron chi connectivity index (χ3n) is 1.96. The van der Waals surface area contributed by atoms with Gasteiger partial charge in [-0.15, -0.1) is 0 Å². The number of furan rings is 1. The molecule has 0 fully saturated rings. The Hall–Kier alpha value is -1.55. The van der Waals surface area contributed by atoms with Gasteiger partial charge in [-0.1, -0.05) is 5.16 Å². The average Bonchev–Trinajstić information content (AvgIpc) is 2.72. The molecule has 13 heavy (non-hydrogen) atoms. The third-order valence-corrected chi connectivity index (χ3v) is 1.96. The molecule has 2 aromatic rings. The molecule has 2 rings (SSSR count). The molecule has 0 saturated heterocycles. The second-order valence-corrected chi connectivity index (χ2v) is 2.76. The zero-order valence-corrected chi connectivity index (χ0v) is 7.28. The molecule has 4 nitrogen and oxygen atoms in total. The molecule has 0 radical (unpaired) electrons. The van der Waals surface area contributed by atoms with Crippen molar-refractivity contribution in [3.8, 4) is 11.5 Å². The predicted octanol–water partition coefficient (Wildman–Crippen LogP) is 1.70. The van der Waals surface area contributed by atoms with Crippen LogP contribution in [0.5, 0.6) is 0 Å². The van der Waals surface area contributed by atoms with E-state index in [2.05, 4.69) is 5.16 Å². The Morgan fingerprint density at radius 1 is 1.54 bits per heavy atom. The highest BCUT2D eigenvalue weighted by Crippen LogP contribution is 2.25. The quantitative estimate of drug-likeness (QED) is 0.760. The fraction of sp³-hybridized carbons (Fsp3) is 0.222. The molecule has 0 spiro atoms. The monoisotopic (exact) mass is 178 g/mol. The third kappa shape index (κ3) is 1.25. The number of nitrogens with zero attached hydrogens (tertiary/aromatic N) is 1. The minimum Gasteiger partial charge on any atom is -0.461 e. The second kappa shape index (κ2) is 3.06. The van der Waals surface area contributed by atoms with E-state index in [1.165, 1.54) is 0 Å². The molecule has 4 heteroatoms. The van der Waals surface area contributed by atoms with Gasteiger partial charge in [0.2, 0.25) is 5.76 Å². The Morgan fingerprint density at radius 3 is 2.92 bits per heavy atom. The number of rotatable bonds is 2. The second-order valence-electron chi connectivity index (χ2n) is 2.76. The van der Waals surface area contributed by atoms with Crippen LogP contribution in [0.1, 0.15) is 11.3 Å². The number of aromatic nitrogens is 1. The van der Waals surface area contributed by atoms with Crippen molar-refractivity contribution < 1.29 is 8.94 Å². The summed E-state index contributed by atoms with van der Waals surface area (Å²) in [6, 6.07) is 3.63. The Morgan fingerprint density at radius 2 is 2.38 bits per heavy atom. The Kier molecular flexibility index (Phi) is 1.90. The SMILES string of the molecule is Cc1c(CN)noc1-c1ccco1. The first-order valence-electron chi connectivity index (χ1n) is 4.02. The van der Waals surface area contributed by atoms with Crippen LogP contribution in [-0.4, -0.2) is 5.16 Å². The molecule has 0 bridgehead atoms. The maximum atomic E-state index is 5.46. The summed E-state index contributed by atoms with van der Waals surface area (Å²) in [7, 11) is 0. The van der Waals surface area contributed by atoms with E-state index in [0.29, 0.717) is 18.1 Å². The summed E-state index contributed by atoms with van der Waals surface area (Å²) in [5.41, 5.74) is 7.18. The van der Waals surface area contributed by atoms with Gasteiger partial charge in [0.25, 0.3) is 0 Å². The summed E-state index contributed by atoms with van der Waals surface area (Å²) in [5, 5.41) is 3.83. The molecule has 68 valence electrons. The first-order valence-corrected chi connectivity index (χ1v) is 4.02. The van der Waals surface area contributed by atoms with Gasteiger partial charge in [-0.05, 0) is 19.1 Å². The zero-order valence-electron chi connectivity index (χ0n) is 7.28. The van der Waals surface area contributed by atoms with Crippen LogP contribution in [0.2, 0.25) is 0 Å². The van der Waals surface area contributed by atoms with Gasteiger partial charge in [0.15, 0.2) is 5.76 Å². The van der Waals surface area contributed by atoms with Gasteiger partial charge in [-0.2, -0.15) is 0 Å². The molecule has 0 aliphatic carbocycles. The number of hydrogen-bond donors (Lipinski definition) is 1. The lowest BCUT2D eigenvalue weighted by Crippen LogP contribution is -1.97. The van der Waals surface area contributed by atoms with Crippen LogP contribution in [-0.2, 0) is 6.54 Å². The van der Waals surface area contributed by atoms with Gasteiger partial charge < -0.3 is 14.7 Å². The highest BCUT2D eigenvalue weighted by Gasteiger charge is 2.14. The van der Waals surface area contributed by atoms with Crippen LogP contribution in [0.3, 0.4) is 0 Å². The van der Waals surface area contributed by atoms with Crippen LogP contribution < -0.4 is 5.73 Å². The van der Waals surface area contributed by atoms with Gasteiger partial charge in [0.05, 0.1) is 6.26 Å². The van der Waals surface area contributed by atoms with Crippen molar-refractivity contribution in [1.29, 1.82) is 0 Å². The predicted molar refractivity (Wildman–Crippen MR) is 46.8 cm³/mol. The number of nitrogens with two attached hydrogens (primary N) is 1. The van der Waals surface area contributed by atoms with Crippen molar-refractivity contribution in [2.24, 2.45) is 5.73 Å². The summed E-state index contributed by atoms with van der Waals surface area (Å²) in [6.45, 7) is 2.30. The minimum atomic E-state index is 0.385. The molecular formula is C9H10N2O2. The Labute approximate surface area is 75.3 Å². The molecule has 0 aliphatic rings. The molecule has 0 amide bonds. The van der Waals surface area contributed by atoms with Crippen LogP contribution in [0.25, 0.3) is 11.5 Å². The van der Waals surface area contributed by atoms with Crippen molar-refractivity contribution >= 4 is 0 Å². The van der Waals surface area contributed by atoms with E-state index in [1.54, 1.807) is 12.3 Å².